The van der Waals surface area contributed by atoms with Gasteiger partial charge in [-0.1, -0.05) is 66.9 Å². The van der Waals surface area contributed by atoms with Gasteiger partial charge in [-0.3, -0.25) is 0 Å². The summed E-state index contributed by atoms with van der Waals surface area (Å²) in [5, 5.41) is 10.4. The highest BCUT2D eigenvalue weighted by Crippen LogP contribution is 2.44. The SMILES string of the molecule is CCCCOc1c(Cl)cc(C(=O)Oc2ccc3c(c2)OC(N)=C(C#N)C3c2cccc(OCc3ccc(F)cc3)c2)cc1Cl. The van der Waals surface area contributed by atoms with Crippen molar-refractivity contribution >= 4 is 29.2 Å². The molecule has 0 aliphatic carbocycles. The Morgan fingerprint density at radius 2 is 1.75 bits per heavy atom. The molecule has 1 unspecified atom stereocenters. The molecule has 44 heavy (non-hydrogen) atoms. The zero-order valence-electron chi connectivity index (χ0n) is 23.6. The molecule has 0 fully saturated rings. The maximum atomic E-state index is 13.3. The smallest absolute Gasteiger partial charge is 0.343 e. The van der Waals surface area contributed by atoms with Crippen molar-refractivity contribution in [2.24, 2.45) is 5.73 Å². The summed E-state index contributed by atoms with van der Waals surface area (Å²) in [6, 6.07) is 23.2. The molecule has 1 atom stereocenters. The topological polar surface area (TPSA) is 104 Å². The molecule has 1 heterocycles. The van der Waals surface area contributed by atoms with E-state index in [2.05, 4.69) is 6.07 Å². The Bertz CT molecular complexity index is 1750. The summed E-state index contributed by atoms with van der Waals surface area (Å²) < 4.78 is 36.2. The van der Waals surface area contributed by atoms with E-state index in [1.165, 1.54) is 30.3 Å². The van der Waals surface area contributed by atoms with Gasteiger partial charge in [0.15, 0.2) is 5.75 Å². The Morgan fingerprint density at radius 1 is 1.00 bits per heavy atom. The Morgan fingerprint density at radius 3 is 2.45 bits per heavy atom. The van der Waals surface area contributed by atoms with Crippen molar-refractivity contribution in [1.82, 2.24) is 0 Å². The van der Waals surface area contributed by atoms with Gasteiger partial charge in [0.05, 0.1) is 28.1 Å². The molecular formula is C34H27Cl2FN2O5. The fourth-order valence-electron chi connectivity index (χ4n) is 4.67. The lowest BCUT2D eigenvalue weighted by atomic mass is 9.83. The van der Waals surface area contributed by atoms with Crippen molar-refractivity contribution < 1.29 is 28.1 Å². The maximum Gasteiger partial charge on any atom is 0.343 e. The Balaban J connectivity index is 1.37. The number of rotatable bonds is 10. The molecule has 0 amide bonds. The van der Waals surface area contributed by atoms with Crippen LogP contribution in [0.25, 0.3) is 0 Å². The van der Waals surface area contributed by atoms with Crippen molar-refractivity contribution in [1.29, 1.82) is 5.26 Å². The summed E-state index contributed by atoms with van der Waals surface area (Å²) in [4.78, 5) is 13.0. The van der Waals surface area contributed by atoms with Crippen molar-refractivity contribution in [3.63, 3.8) is 0 Å². The van der Waals surface area contributed by atoms with Gasteiger partial charge in [-0.25, -0.2) is 9.18 Å². The van der Waals surface area contributed by atoms with Crippen molar-refractivity contribution in [2.45, 2.75) is 32.3 Å². The lowest BCUT2D eigenvalue weighted by Gasteiger charge is -2.27. The highest BCUT2D eigenvalue weighted by Gasteiger charge is 2.31. The third-order valence-electron chi connectivity index (χ3n) is 6.89. The molecule has 10 heteroatoms. The quantitative estimate of drug-likeness (QED) is 0.106. The molecule has 2 N–H and O–H groups in total. The number of hydrogen-bond donors (Lipinski definition) is 1. The summed E-state index contributed by atoms with van der Waals surface area (Å²) in [5.41, 5.74) is 8.73. The second-order valence-electron chi connectivity index (χ2n) is 9.97. The number of nitrogens with zero attached hydrogens (tertiary/aromatic N) is 1. The van der Waals surface area contributed by atoms with Crippen LogP contribution in [0.3, 0.4) is 0 Å². The lowest BCUT2D eigenvalue weighted by Crippen LogP contribution is -2.21. The number of allylic oxidation sites excluding steroid dienone is 1. The summed E-state index contributed by atoms with van der Waals surface area (Å²) in [6.07, 6.45) is 1.79. The van der Waals surface area contributed by atoms with E-state index in [4.69, 9.17) is 47.9 Å². The fourth-order valence-corrected chi connectivity index (χ4v) is 5.27. The van der Waals surface area contributed by atoms with Crippen molar-refractivity contribution in [3.05, 3.63) is 128 Å². The average Bonchev–Trinajstić information content (AvgIpc) is 3.01. The van der Waals surface area contributed by atoms with Gasteiger partial charge < -0.3 is 24.7 Å². The van der Waals surface area contributed by atoms with E-state index in [9.17, 15) is 14.4 Å². The third-order valence-corrected chi connectivity index (χ3v) is 7.45. The van der Waals surface area contributed by atoms with E-state index in [0.29, 0.717) is 29.4 Å². The number of unbranched alkanes of at least 4 members (excludes halogenated alkanes) is 1. The molecule has 4 aromatic rings. The minimum Gasteiger partial charge on any atom is -0.490 e. The molecule has 0 radical (unpaired) electrons. The van der Waals surface area contributed by atoms with Crippen LogP contribution in [0, 0.1) is 17.1 Å². The zero-order chi connectivity index (χ0) is 31.2. The number of fused-ring (bicyclic) bond motifs is 1. The van der Waals surface area contributed by atoms with Gasteiger partial charge in [0.1, 0.15) is 41.3 Å². The van der Waals surface area contributed by atoms with Crippen LogP contribution in [0.5, 0.6) is 23.0 Å². The molecule has 4 aromatic carbocycles. The number of ether oxygens (including phenoxy) is 4. The number of nitriles is 1. The highest BCUT2D eigenvalue weighted by molar-refractivity contribution is 6.37. The fraction of sp³-hybridized carbons (Fsp3) is 0.176. The second-order valence-corrected chi connectivity index (χ2v) is 10.8. The molecule has 0 bridgehead atoms. The number of carbonyl (C=O) groups excluding carboxylic acids is 1. The van der Waals surface area contributed by atoms with Gasteiger partial charge in [-0.2, -0.15) is 5.26 Å². The van der Waals surface area contributed by atoms with Gasteiger partial charge >= 0.3 is 5.97 Å². The molecular weight excluding hydrogens is 606 g/mol. The number of nitrogens with two attached hydrogens (primary N) is 1. The first kappa shape index (κ1) is 30.7. The summed E-state index contributed by atoms with van der Waals surface area (Å²) >= 11 is 12.7. The molecule has 1 aliphatic rings. The van der Waals surface area contributed by atoms with Gasteiger partial charge in [0.25, 0.3) is 0 Å². The highest BCUT2D eigenvalue weighted by atomic mass is 35.5. The largest absolute Gasteiger partial charge is 0.490 e. The van der Waals surface area contributed by atoms with Crippen molar-refractivity contribution in [3.8, 4) is 29.1 Å². The third kappa shape index (κ3) is 6.91. The van der Waals surface area contributed by atoms with Gasteiger partial charge in [0, 0.05) is 11.6 Å². The van der Waals surface area contributed by atoms with Gasteiger partial charge in [0.2, 0.25) is 5.88 Å². The van der Waals surface area contributed by atoms with E-state index in [-0.39, 0.29) is 45.2 Å². The van der Waals surface area contributed by atoms with Crippen LogP contribution in [0.1, 0.15) is 52.7 Å². The van der Waals surface area contributed by atoms with Crippen LogP contribution in [0.4, 0.5) is 4.39 Å². The zero-order valence-corrected chi connectivity index (χ0v) is 25.1. The Kier molecular flexibility index (Phi) is 9.59. The normalized spacial score (nSPS) is 13.8. The van der Waals surface area contributed by atoms with Crippen LogP contribution < -0.4 is 24.7 Å². The van der Waals surface area contributed by atoms with Crippen LogP contribution >= 0.6 is 23.2 Å². The van der Waals surface area contributed by atoms with Crippen LogP contribution in [0.15, 0.2) is 90.3 Å². The first-order chi connectivity index (χ1) is 21.3. The average molecular weight is 634 g/mol. The molecule has 0 saturated carbocycles. The maximum absolute atomic E-state index is 13.3. The van der Waals surface area contributed by atoms with Crippen LogP contribution in [0.2, 0.25) is 10.0 Å². The molecule has 1 aliphatic heterocycles. The molecule has 224 valence electrons. The van der Waals surface area contributed by atoms with E-state index < -0.39 is 11.9 Å². The lowest BCUT2D eigenvalue weighted by molar-refractivity contribution is 0.0734. The Labute approximate surface area is 264 Å². The van der Waals surface area contributed by atoms with E-state index >= 15 is 0 Å². The number of benzene rings is 4. The predicted octanol–water partition coefficient (Wildman–Crippen LogP) is 8.33. The van der Waals surface area contributed by atoms with Gasteiger partial charge in [-0.15, -0.1) is 0 Å². The van der Waals surface area contributed by atoms with E-state index in [0.717, 1.165) is 24.0 Å². The number of esters is 1. The molecule has 0 spiro atoms. The molecule has 0 saturated heterocycles. The van der Waals surface area contributed by atoms with Gasteiger partial charge in [-0.05, 0) is 60.0 Å². The summed E-state index contributed by atoms with van der Waals surface area (Å²) in [7, 11) is 0. The standard InChI is InChI=1S/C34H27Cl2FN2O5/c1-2-3-13-41-32-28(35)15-22(16-29(32)36)34(40)43-25-11-12-26-30(17-25)44-33(39)27(18-38)31(26)21-5-4-6-24(14-21)42-19-20-7-9-23(37)10-8-20/h4-12,14-17,31H,2-3,13,19,39H2,1H3. The molecule has 0 aromatic heterocycles. The number of carbonyl (C=O) groups is 1. The first-order valence-electron chi connectivity index (χ1n) is 13.8. The Hall–Kier alpha value is -4.71. The minimum atomic E-state index is -0.687. The predicted molar refractivity (Wildman–Crippen MR) is 165 cm³/mol. The minimum absolute atomic E-state index is 0.0664. The molecule has 7 nitrogen and oxygen atoms in total. The van der Waals surface area contributed by atoms with Crippen molar-refractivity contribution in [2.75, 3.05) is 6.61 Å². The van der Waals surface area contributed by atoms with E-state index in [1.807, 2.05) is 25.1 Å². The number of hydrogen-bond acceptors (Lipinski definition) is 7. The molecule has 5 rings (SSSR count). The van der Waals surface area contributed by atoms with E-state index in [1.54, 1.807) is 30.3 Å². The first-order valence-corrected chi connectivity index (χ1v) is 14.6. The summed E-state index contributed by atoms with van der Waals surface area (Å²) in [5.74, 6) is -0.265. The number of halogens is 3. The second kappa shape index (κ2) is 13.7. The van der Waals surface area contributed by atoms with Crippen LogP contribution in [-0.4, -0.2) is 12.6 Å². The summed E-state index contributed by atoms with van der Waals surface area (Å²) in [6.45, 7) is 2.72. The van der Waals surface area contributed by atoms with Crippen LogP contribution in [-0.2, 0) is 6.61 Å². The monoisotopic (exact) mass is 632 g/mol.